The van der Waals surface area contributed by atoms with E-state index in [1.165, 1.54) is 0 Å². The molecule has 0 saturated carbocycles. The van der Waals surface area contributed by atoms with Crippen LogP contribution in [0.15, 0.2) is 59.6 Å². The Kier molecular flexibility index (Phi) is 4.33. The first-order chi connectivity index (χ1) is 13.1. The van der Waals surface area contributed by atoms with Crippen LogP contribution in [-0.4, -0.2) is 33.7 Å². The van der Waals surface area contributed by atoms with Gasteiger partial charge in [-0.2, -0.15) is 0 Å². The van der Waals surface area contributed by atoms with Gasteiger partial charge in [-0.3, -0.25) is 20.2 Å². The number of rotatable bonds is 3. The molecule has 7 nitrogen and oxygen atoms in total. The maximum absolute atomic E-state index is 12.6. The molecule has 27 heavy (non-hydrogen) atoms. The summed E-state index contributed by atoms with van der Waals surface area (Å²) in [6.45, 7) is 1.89. The van der Waals surface area contributed by atoms with Gasteiger partial charge in [0.25, 0.3) is 0 Å². The van der Waals surface area contributed by atoms with Gasteiger partial charge in [0.2, 0.25) is 17.8 Å². The summed E-state index contributed by atoms with van der Waals surface area (Å²) in [6.07, 6.45) is 0.0104. The SMILES string of the molecule is Cc1nc(NC2=NC(C(=O)c3ccccc3)CC(=O)N2)nc2ccccc12. The van der Waals surface area contributed by atoms with Crippen LogP contribution < -0.4 is 10.6 Å². The van der Waals surface area contributed by atoms with Crippen LogP contribution in [0, 0.1) is 6.92 Å². The summed E-state index contributed by atoms with van der Waals surface area (Å²) < 4.78 is 0. The van der Waals surface area contributed by atoms with Crippen LogP contribution in [0.5, 0.6) is 0 Å². The number of ketones is 1. The highest BCUT2D eigenvalue weighted by Gasteiger charge is 2.28. The Morgan fingerprint density at radius 3 is 2.63 bits per heavy atom. The van der Waals surface area contributed by atoms with Crippen LogP contribution in [0.4, 0.5) is 5.95 Å². The molecule has 1 unspecified atom stereocenters. The van der Waals surface area contributed by atoms with E-state index in [2.05, 4.69) is 25.6 Å². The maximum atomic E-state index is 12.6. The Morgan fingerprint density at radius 2 is 1.81 bits per heavy atom. The van der Waals surface area contributed by atoms with Gasteiger partial charge in [-0.1, -0.05) is 48.5 Å². The molecule has 0 spiro atoms. The molecule has 1 atom stereocenters. The van der Waals surface area contributed by atoms with Gasteiger partial charge in [-0.05, 0) is 13.0 Å². The van der Waals surface area contributed by atoms with Crippen LogP contribution in [0.1, 0.15) is 22.5 Å². The average molecular weight is 359 g/mol. The molecular weight excluding hydrogens is 342 g/mol. The molecule has 1 amide bonds. The lowest BCUT2D eigenvalue weighted by molar-refractivity contribution is -0.120. The van der Waals surface area contributed by atoms with Crippen LogP contribution in [0.25, 0.3) is 10.9 Å². The zero-order valence-corrected chi connectivity index (χ0v) is 14.6. The van der Waals surface area contributed by atoms with E-state index in [0.717, 1.165) is 16.6 Å². The maximum Gasteiger partial charge on any atom is 0.230 e. The zero-order valence-electron chi connectivity index (χ0n) is 14.6. The highest BCUT2D eigenvalue weighted by Crippen LogP contribution is 2.17. The number of aromatic nitrogens is 2. The molecule has 4 rings (SSSR count). The van der Waals surface area contributed by atoms with Crippen molar-refractivity contribution in [3.8, 4) is 0 Å². The molecule has 0 radical (unpaired) electrons. The van der Waals surface area contributed by atoms with E-state index in [-0.39, 0.29) is 24.1 Å². The molecule has 2 heterocycles. The van der Waals surface area contributed by atoms with Crippen molar-refractivity contribution < 1.29 is 9.59 Å². The van der Waals surface area contributed by atoms with Crippen molar-refractivity contribution in [3.63, 3.8) is 0 Å². The molecule has 2 N–H and O–H groups in total. The number of aliphatic imine (C=N–C) groups is 1. The number of carbonyl (C=O) groups excluding carboxylic acids is 2. The summed E-state index contributed by atoms with van der Waals surface area (Å²) in [6, 6.07) is 15.7. The number of benzene rings is 2. The minimum atomic E-state index is -0.773. The number of hydrogen-bond acceptors (Lipinski definition) is 6. The predicted molar refractivity (Wildman–Crippen MR) is 103 cm³/mol. The first kappa shape index (κ1) is 16.8. The fourth-order valence-corrected chi connectivity index (χ4v) is 3.00. The third kappa shape index (κ3) is 3.52. The number of Topliss-reactive ketones (excluding diaryl/α,β-unsaturated/α-hetero) is 1. The van der Waals surface area contributed by atoms with E-state index in [4.69, 9.17) is 0 Å². The standard InChI is InChI=1S/C20H17N5O2/c1-12-14-9-5-6-10-15(14)22-19(21-12)25-20-23-16(11-17(26)24-20)18(27)13-7-3-2-4-8-13/h2-10,16H,11H2,1H3,(H2,21,22,23,24,25,26). The number of carbonyl (C=O) groups is 2. The van der Waals surface area contributed by atoms with E-state index in [0.29, 0.717) is 11.5 Å². The summed E-state index contributed by atoms with van der Waals surface area (Å²) in [5.41, 5.74) is 2.12. The van der Waals surface area contributed by atoms with Crippen molar-refractivity contribution in [1.29, 1.82) is 0 Å². The van der Waals surface area contributed by atoms with Crippen LogP contribution >= 0.6 is 0 Å². The monoisotopic (exact) mass is 359 g/mol. The van der Waals surface area contributed by atoms with Crippen LogP contribution in [0.2, 0.25) is 0 Å². The van der Waals surface area contributed by atoms with Crippen molar-refractivity contribution in [1.82, 2.24) is 15.3 Å². The summed E-state index contributed by atoms with van der Waals surface area (Å²) >= 11 is 0. The van der Waals surface area contributed by atoms with Crippen molar-refractivity contribution in [2.24, 2.45) is 4.99 Å². The number of amides is 1. The average Bonchev–Trinajstić information content (AvgIpc) is 2.68. The molecule has 0 fully saturated rings. The largest absolute Gasteiger partial charge is 0.296 e. The highest BCUT2D eigenvalue weighted by atomic mass is 16.2. The minimum absolute atomic E-state index is 0.0104. The Balaban J connectivity index is 1.62. The molecule has 134 valence electrons. The molecular formula is C20H17N5O2. The second-order valence-corrected chi connectivity index (χ2v) is 6.25. The predicted octanol–water partition coefficient (Wildman–Crippen LogP) is 2.48. The number of anilines is 1. The van der Waals surface area contributed by atoms with Crippen molar-refractivity contribution in [2.45, 2.75) is 19.4 Å². The quantitative estimate of drug-likeness (QED) is 0.701. The van der Waals surface area contributed by atoms with Crippen molar-refractivity contribution >= 4 is 34.5 Å². The van der Waals surface area contributed by atoms with Gasteiger partial charge in [0.05, 0.1) is 17.6 Å². The van der Waals surface area contributed by atoms with Gasteiger partial charge in [0.1, 0.15) is 6.04 Å². The smallest absolute Gasteiger partial charge is 0.230 e. The number of aryl methyl sites for hydroxylation is 1. The normalized spacial score (nSPS) is 16.6. The van der Waals surface area contributed by atoms with E-state index in [1.54, 1.807) is 24.3 Å². The lowest BCUT2D eigenvalue weighted by Crippen LogP contribution is -2.44. The summed E-state index contributed by atoms with van der Waals surface area (Å²) in [4.78, 5) is 37.9. The van der Waals surface area contributed by atoms with Gasteiger partial charge >= 0.3 is 0 Å². The topological polar surface area (TPSA) is 96.3 Å². The van der Waals surface area contributed by atoms with E-state index < -0.39 is 6.04 Å². The van der Waals surface area contributed by atoms with Gasteiger partial charge in [0, 0.05) is 10.9 Å². The zero-order chi connectivity index (χ0) is 18.8. The third-order valence-electron chi connectivity index (χ3n) is 4.31. The second-order valence-electron chi connectivity index (χ2n) is 6.25. The molecule has 0 aliphatic carbocycles. The lowest BCUT2D eigenvalue weighted by atomic mass is 10.0. The fourth-order valence-electron chi connectivity index (χ4n) is 3.00. The molecule has 1 aliphatic heterocycles. The fraction of sp³-hybridized carbons (Fsp3) is 0.150. The number of guanidine groups is 1. The van der Waals surface area contributed by atoms with E-state index in [1.807, 2.05) is 37.3 Å². The Hall–Kier alpha value is -3.61. The van der Waals surface area contributed by atoms with Crippen LogP contribution in [0.3, 0.4) is 0 Å². The number of hydrogen-bond donors (Lipinski definition) is 2. The third-order valence-corrected chi connectivity index (χ3v) is 4.31. The number of fused-ring (bicyclic) bond motifs is 1. The Labute approximate surface area is 155 Å². The molecule has 7 heteroatoms. The summed E-state index contributed by atoms with van der Waals surface area (Å²) in [5, 5.41) is 6.51. The van der Waals surface area contributed by atoms with Gasteiger partial charge < -0.3 is 0 Å². The molecule has 0 saturated heterocycles. The number of nitrogens with one attached hydrogen (secondary N) is 2. The number of para-hydroxylation sites is 1. The van der Waals surface area contributed by atoms with Gasteiger partial charge in [-0.25, -0.2) is 15.0 Å². The van der Waals surface area contributed by atoms with Gasteiger partial charge in [0.15, 0.2) is 5.78 Å². The number of nitrogens with zero attached hydrogens (tertiary/aromatic N) is 3. The Bertz CT molecular complexity index is 1060. The molecule has 3 aromatic rings. The van der Waals surface area contributed by atoms with E-state index in [9.17, 15) is 9.59 Å². The van der Waals surface area contributed by atoms with Gasteiger partial charge in [-0.15, -0.1) is 0 Å². The Morgan fingerprint density at radius 1 is 1.07 bits per heavy atom. The summed E-state index contributed by atoms with van der Waals surface area (Å²) in [5.74, 6) is 0.0212. The molecule has 0 bridgehead atoms. The molecule has 2 aromatic carbocycles. The van der Waals surface area contributed by atoms with Crippen molar-refractivity contribution in [3.05, 3.63) is 65.9 Å². The van der Waals surface area contributed by atoms with E-state index >= 15 is 0 Å². The van der Waals surface area contributed by atoms with Crippen LogP contribution in [-0.2, 0) is 4.79 Å². The molecule has 1 aromatic heterocycles. The minimum Gasteiger partial charge on any atom is -0.296 e. The lowest BCUT2D eigenvalue weighted by Gasteiger charge is -2.20. The second kappa shape index (κ2) is 6.95. The summed E-state index contributed by atoms with van der Waals surface area (Å²) in [7, 11) is 0. The first-order valence-electron chi connectivity index (χ1n) is 8.57. The highest BCUT2D eigenvalue weighted by molar-refractivity contribution is 6.11. The molecule has 1 aliphatic rings. The first-order valence-corrected chi connectivity index (χ1v) is 8.57. The van der Waals surface area contributed by atoms with Crippen molar-refractivity contribution in [2.75, 3.05) is 5.32 Å².